The molecule has 0 amide bonds. The zero-order valence-corrected chi connectivity index (χ0v) is 13.6. The van der Waals surface area contributed by atoms with Crippen LogP contribution >= 0.6 is 0 Å². The quantitative estimate of drug-likeness (QED) is 0.922. The Morgan fingerprint density at radius 1 is 1.26 bits per heavy atom. The third-order valence-electron chi connectivity index (χ3n) is 4.87. The van der Waals surface area contributed by atoms with Gasteiger partial charge in [-0.1, -0.05) is 24.3 Å². The van der Waals surface area contributed by atoms with Gasteiger partial charge in [0.1, 0.15) is 11.4 Å². The van der Waals surface area contributed by atoms with Crippen LogP contribution in [-0.4, -0.2) is 33.8 Å². The van der Waals surface area contributed by atoms with Crippen LogP contribution in [0.4, 0.5) is 0 Å². The summed E-state index contributed by atoms with van der Waals surface area (Å²) in [4.78, 5) is 2.49. The standard InChI is InChI=1S/C19H23N3O/c1-15-13-17(21-20-15)14-22-11-4-8-19(10-12-22)9-7-16-5-2-3-6-18(16)23-19/h2-3,5-7,9,13H,4,8,10-12,14H2,1H3,(H,20,21)/t19-/m1/s1. The van der Waals surface area contributed by atoms with E-state index in [4.69, 9.17) is 4.74 Å². The van der Waals surface area contributed by atoms with Crippen molar-refractivity contribution in [3.8, 4) is 5.75 Å². The van der Waals surface area contributed by atoms with E-state index in [1.807, 2.05) is 6.92 Å². The largest absolute Gasteiger partial charge is 0.483 e. The molecule has 0 unspecified atom stereocenters. The molecule has 2 aliphatic rings. The smallest absolute Gasteiger partial charge is 0.129 e. The van der Waals surface area contributed by atoms with Gasteiger partial charge in [-0.3, -0.25) is 10.00 Å². The maximum absolute atomic E-state index is 6.41. The molecule has 4 nitrogen and oxygen atoms in total. The lowest BCUT2D eigenvalue weighted by molar-refractivity contribution is 0.0990. The summed E-state index contributed by atoms with van der Waals surface area (Å²) in [5.41, 5.74) is 3.31. The summed E-state index contributed by atoms with van der Waals surface area (Å²) >= 11 is 0. The maximum Gasteiger partial charge on any atom is 0.129 e. The average Bonchev–Trinajstić information content (AvgIpc) is 2.87. The number of nitrogens with one attached hydrogen (secondary N) is 1. The summed E-state index contributed by atoms with van der Waals surface area (Å²) in [7, 11) is 0. The number of para-hydroxylation sites is 1. The summed E-state index contributed by atoms with van der Waals surface area (Å²) < 4.78 is 6.41. The van der Waals surface area contributed by atoms with Gasteiger partial charge in [0.25, 0.3) is 0 Å². The van der Waals surface area contributed by atoms with Gasteiger partial charge in [0, 0.05) is 30.8 Å². The van der Waals surface area contributed by atoms with Crippen molar-refractivity contribution >= 4 is 6.08 Å². The molecule has 0 aliphatic carbocycles. The van der Waals surface area contributed by atoms with E-state index in [0.717, 1.165) is 56.0 Å². The van der Waals surface area contributed by atoms with Crippen LogP contribution in [0.15, 0.2) is 36.4 Å². The normalized spacial score (nSPS) is 24.2. The molecule has 1 fully saturated rings. The van der Waals surface area contributed by atoms with E-state index in [1.165, 1.54) is 5.56 Å². The highest BCUT2D eigenvalue weighted by Gasteiger charge is 2.34. The summed E-state index contributed by atoms with van der Waals surface area (Å²) in [5.74, 6) is 1.02. The Morgan fingerprint density at radius 2 is 2.17 bits per heavy atom. The molecular formula is C19H23N3O. The Labute approximate surface area is 137 Å². The number of aryl methyl sites for hydroxylation is 1. The van der Waals surface area contributed by atoms with Crippen LogP contribution in [-0.2, 0) is 6.54 Å². The van der Waals surface area contributed by atoms with Crippen molar-refractivity contribution in [2.45, 2.75) is 38.3 Å². The van der Waals surface area contributed by atoms with Gasteiger partial charge in [-0.05, 0) is 44.5 Å². The van der Waals surface area contributed by atoms with Crippen molar-refractivity contribution < 1.29 is 4.74 Å². The summed E-state index contributed by atoms with van der Waals surface area (Å²) in [5, 5.41) is 7.39. The van der Waals surface area contributed by atoms with Gasteiger partial charge in [0.05, 0.1) is 5.69 Å². The molecule has 4 heteroatoms. The van der Waals surface area contributed by atoms with Crippen molar-refractivity contribution in [3.63, 3.8) is 0 Å². The first-order valence-electron chi connectivity index (χ1n) is 8.43. The van der Waals surface area contributed by atoms with E-state index in [0.29, 0.717) is 0 Å². The molecule has 1 saturated heterocycles. The number of nitrogens with zero attached hydrogens (tertiary/aromatic N) is 2. The topological polar surface area (TPSA) is 41.1 Å². The third kappa shape index (κ3) is 3.04. The number of benzene rings is 1. The van der Waals surface area contributed by atoms with Crippen LogP contribution in [0.3, 0.4) is 0 Å². The second-order valence-electron chi connectivity index (χ2n) is 6.71. The number of hydrogen-bond donors (Lipinski definition) is 1. The number of ether oxygens (including phenoxy) is 1. The highest BCUT2D eigenvalue weighted by molar-refractivity contribution is 5.60. The van der Waals surface area contributed by atoms with Gasteiger partial charge in [0.15, 0.2) is 0 Å². The molecular weight excluding hydrogens is 286 g/mol. The van der Waals surface area contributed by atoms with Crippen LogP contribution < -0.4 is 4.74 Å². The minimum Gasteiger partial charge on any atom is -0.483 e. The molecule has 0 radical (unpaired) electrons. The Morgan fingerprint density at radius 3 is 3.04 bits per heavy atom. The van der Waals surface area contributed by atoms with Gasteiger partial charge in [-0.25, -0.2) is 0 Å². The van der Waals surface area contributed by atoms with Gasteiger partial charge in [-0.2, -0.15) is 5.10 Å². The Balaban J connectivity index is 1.45. The first-order chi connectivity index (χ1) is 11.2. The molecule has 0 bridgehead atoms. The minimum atomic E-state index is -0.134. The van der Waals surface area contributed by atoms with E-state index in [-0.39, 0.29) is 5.60 Å². The molecule has 1 atom stereocenters. The monoisotopic (exact) mass is 309 g/mol. The molecule has 0 saturated carbocycles. The fraction of sp³-hybridized carbons (Fsp3) is 0.421. The number of aromatic nitrogens is 2. The fourth-order valence-electron chi connectivity index (χ4n) is 3.60. The van der Waals surface area contributed by atoms with Gasteiger partial charge in [0.2, 0.25) is 0 Å². The first kappa shape index (κ1) is 14.5. The molecule has 1 aromatic carbocycles. The highest BCUT2D eigenvalue weighted by atomic mass is 16.5. The number of hydrogen-bond acceptors (Lipinski definition) is 3. The molecule has 23 heavy (non-hydrogen) atoms. The Bertz CT molecular complexity index is 721. The SMILES string of the molecule is Cc1cc(CN2CCC[C@@]3(C=Cc4ccccc4O3)CC2)n[nH]1. The molecule has 4 rings (SSSR count). The molecule has 1 N–H and O–H groups in total. The van der Waals surface area contributed by atoms with Crippen molar-refractivity contribution in [1.82, 2.24) is 15.1 Å². The maximum atomic E-state index is 6.41. The zero-order valence-electron chi connectivity index (χ0n) is 13.6. The Hall–Kier alpha value is -2.07. The lowest BCUT2D eigenvalue weighted by Gasteiger charge is -2.34. The molecule has 1 spiro atoms. The number of fused-ring (bicyclic) bond motifs is 1. The van der Waals surface area contributed by atoms with E-state index >= 15 is 0 Å². The average molecular weight is 309 g/mol. The number of aromatic amines is 1. The third-order valence-corrected chi connectivity index (χ3v) is 4.87. The van der Waals surface area contributed by atoms with Gasteiger partial charge >= 0.3 is 0 Å². The zero-order chi connectivity index (χ0) is 15.7. The first-order valence-corrected chi connectivity index (χ1v) is 8.43. The lowest BCUT2D eigenvalue weighted by Crippen LogP contribution is -2.36. The number of H-pyrrole nitrogens is 1. The lowest BCUT2D eigenvalue weighted by atomic mass is 9.91. The highest BCUT2D eigenvalue weighted by Crippen LogP contribution is 2.37. The summed E-state index contributed by atoms with van der Waals surface area (Å²) in [6, 6.07) is 10.4. The van der Waals surface area contributed by atoms with Gasteiger partial charge in [-0.15, -0.1) is 0 Å². The Kier molecular flexibility index (Phi) is 3.69. The predicted molar refractivity (Wildman–Crippen MR) is 91.3 cm³/mol. The van der Waals surface area contributed by atoms with Crippen molar-refractivity contribution in [2.24, 2.45) is 0 Å². The second kappa shape index (κ2) is 5.85. The van der Waals surface area contributed by atoms with E-state index < -0.39 is 0 Å². The van der Waals surface area contributed by atoms with Crippen LogP contribution in [0.5, 0.6) is 5.75 Å². The van der Waals surface area contributed by atoms with E-state index in [1.54, 1.807) is 0 Å². The van der Waals surface area contributed by atoms with Crippen molar-refractivity contribution in [3.05, 3.63) is 53.4 Å². The molecule has 120 valence electrons. The van der Waals surface area contributed by atoms with Crippen LogP contribution in [0.2, 0.25) is 0 Å². The van der Waals surface area contributed by atoms with Crippen LogP contribution in [0.25, 0.3) is 6.08 Å². The van der Waals surface area contributed by atoms with E-state index in [2.05, 4.69) is 57.6 Å². The molecule has 2 aliphatic heterocycles. The number of rotatable bonds is 2. The molecule has 1 aromatic heterocycles. The van der Waals surface area contributed by atoms with Crippen LogP contribution in [0.1, 0.15) is 36.2 Å². The molecule has 3 heterocycles. The minimum absolute atomic E-state index is 0.134. The predicted octanol–water partition coefficient (Wildman–Crippen LogP) is 3.55. The van der Waals surface area contributed by atoms with Crippen molar-refractivity contribution in [2.75, 3.05) is 13.1 Å². The van der Waals surface area contributed by atoms with Crippen molar-refractivity contribution in [1.29, 1.82) is 0 Å². The number of likely N-dealkylation sites (tertiary alicyclic amines) is 1. The van der Waals surface area contributed by atoms with Gasteiger partial charge < -0.3 is 4.74 Å². The second-order valence-corrected chi connectivity index (χ2v) is 6.71. The fourth-order valence-corrected chi connectivity index (χ4v) is 3.60. The summed E-state index contributed by atoms with van der Waals surface area (Å²) in [6.45, 7) is 5.11. The van der Waals surface area contributed by atoms with Crippen LogP contribution in [0, 0.1) is 6.92 Å². The summed E-state index contributed by atoms with van der Waals surface area (Å²) in [6.07, 6.45) is 7.76. The van der Waals surface area contributed by atoms with E-state index in [9.17, 15) is 0 Å². The molecule has 2 aromatic rings.